The lowest BCUT2D eigenvalue weighted by Crippen LogP contribution is -2.19. The van der Waals surface area contributed by atoms with Gasteiger partial charge in [0.1, 0.15) is 5.75 Å². The van der Waals surface area contributed by atoms with Crippen LogP contribution < -0.4 is 14.8 Å². The molecule has 3 aromatic rings. The SMILES string of the molecule is COc1ccc(NS(=O)(=O)c2[nH]ncc2C(=O)Nc2ccccc2)cc1. The monoisotopic (exact) mass is 372 g/mol. The molecule has 3 N–H and O–H groups in total. The zero-order chi connectivity index (χ0) is 18.6. The Morgan fingerprint density at radius 1 is 1.04 bits per heavy atom. The lowest BCUT2D eigenvalue weighted by atomic mass is 10.3. The molecule has 2 aromatic carbocycles. The Morgan fingerprint density at radius 3 is 2.38 bits per heavy atom. The van der Waals surface area contributed by atoms with Gasteiger partial charge in [-0.1, -0.05) is 18.2 Å². The first kappa shape index (κ1) is 17.5. The number of hydrogen-bond donors (Lipinski definition) is 3. The minimum Gasteiger partial charge on any atom is -0.497 e. The van der Waals surface area contributed by atoms with Crippen LogP contribution in [-0.2, 0) is 10.0 Å². The number of para-hydroxylation sites is 1. The molecular formula is C17H16N4O4S. The second-order valence-electron chi connectivity index (χ2n) is 5.27. The number of ether oxygens (including phenoxy) is 1. The van der Waals surface area contributed by atoms with Crippen LogP contribution in [0.4, 0.5) is 11.4 Å². The van der Waals surface area contributed by atoms with E-state index in [1.165, 1.54) is 13.3 Å². The zero-order valence-corrected chi connectivity index (χ0v) is 14.6. The van der Waals surface area contributed by atoms with Crippen molar-refractivity contribution in [2.24, 2.45) is 0 Å². The maximum Gasteiger partial charge on any atom is 0.279 e. The summed E-state index contributed by atoms with van der Waals surface area (Å²) in [5.41, 5.74) is 0.787. The largest absolute Gasteiger partial charge is 0.497 e. The van der Waals surface area contributed by atoms with Gasteiger partial charge in [0, 0.05) is 11.4 Å². The molecule has 0 unspecified atom stereocenters. The summed E-state index contributed by atoms with van der Waals surface area (Å²) in [7, 11) is -2.51. The molecule has 0 aliphatic heterocycles. The quantitative estimate of drug-likeness (QED) is 0.615. The molecule has 0 aliphatic carbocycles. The Kier molecular flexibility index (Phi) is 4.90. The van der Waals surface area contributed by atoms with Gasteiger partial charge in [0.2, 0.25) is 0 Å². The van der Waals surface area contributed by atoms with Gasteiger partial charge in [-0.05, 0) is 36.4 Å². The number of amides is 1. The Hall–Kier alpha value is -3.33. The number of sulfonamides is 1. The van der Waals surface area contributed by atoms with Crippen molar-refractivity contribution in [1.29, 1.82) is 0 Å². The summed E-state index contributed by atoms with van der Waals surface area (Å²) in [6.45, 7) is 0. The molecule has 3 rings (SSSR count). The number of benzene rings is 2. The molecule has 0 saturated heterocycles. The van der Waals surface area contributed by atoms with Gasteiger partial charge in [-0.15, -0.1) is 0 Å². The second kappa shape index (κ2) is 7.28. The van der Waals surface area contributed by atoms with Crippen molar-refractivity contribution in [3.8, 4) is 5.75 Å². The molecule has 0 bridgehead atoms. The average molecular weight is 372 g/mol. The van der Waals surface area contributed by atoms with Crippen LogP contribution in [0.5, 0.6) is 5.75 Å². The predicted octanol–water partition coefficient (Wildman–Crippen LogP) is 2.47. The van der Waals surface area contributed by atoms with E-state index >= 15 is 0 Å². The lowest BCUT2D eigenvalue weighted by molar-refractivity contribution is 0.102. The summed E-state index contributed by atoms with van der Waals surface area (Å²) in [4.78, 5) is 12.4. The standard InChI is InChI=1S/C17H16N4O4S/c1-25-14-9-7-13(8-10-14)21-26(23,24)17-15(11-18-20-17)16(22)19-12-5-3-2-4-6-12/h2-11,21H,1H3,(H,18,20)(H,19,22). The molecule has 0 radical (unpaired) electrons. The summed E-state index contributed by atoms with van der Waals surface area (Å²) in [5, 5.41) is 8.37. The number of H-pyrrole nitrogens is 1. The number of carbonyl (C=O) groups excluding carboxylic acids is 1. The van der Waals surface area contributed by atoms with Crippen molar-refractivity contribution in [2.75, 3.05) is 17.1 Å². The third-order valence-corrected chi connectivity index (χ3v) is 4.84. The Bertz CT molecular complexity index is 999. The molecule has 26 heavy (non-hydrogen) atoms. The van der Waals surface area contributed by atoms with Gasteiger partial charge in [0.05, 0.1) is 18.9 Å². The number of rotatable bonds is 6. The van der Waals surface area contributed by atoms with Crippen LogP contribution >= 0.6 is 0 Å². The minimum absolute atomic E-state index is 0.0881. The summed E-state index contributed by atoms with van der Waals surface area (Å²) >= 11 is 0. The summed E-state index contributed by atoms with van der Waals surface area (Å²) < 4.78 is 32.6. The second-order valence-corrected chi connectivity index (χ2v) is 6.89. The van der Waals surface area contributed by atoms with Crippen LogP contribution in [0.25, 0.3) is 0 Å². The van der Waals surface area contributed by atoms with E-state index in [0.29, 0.717) is 17.1 Å². The van der Waals surface area contributed by atoms with E-state index in [4.69, 9.17) is 4.74 Å². The van der Waals surface area contributed by atoms with Gasteiger partial charge in [-0.25, -0.2) is 0 Å². The van der Waals surface area contributed by atoms with Crippen LogP contribution in [0.2, 0.25) is 0 Å². The van der Waals surface area contributed by atoms with Gasteiger partial charge >= 0.3 is 0 Å². The molecule has 9 heteroatoms. The highest BCUT2D eigenvalue weighted by atomic mass is 32.2. The van der Waals surface area contributed by atoms with Gasteiger partial charge in [-0.2, -0.15) is 13.5 Å². The van der Waals surface area contributed by atoms with Crippen molar-refractivity contribution < 1.29 is 17.9 Å². The molecule has 1 aromatic heterocycles. The number of carbonyl (C=O) groups is 1. The highest BCUT2D eigenvalue weighted by Crippen LogP contribution is 2.21. The number of methoxy groups -OCH3 is 1. The first-order valence-corrected chi connectivity index (χ1v) is 9.04. The van der Waals surface area contributed by atoms with Gasteiger partial charge in [0.15, 0.2) is 5.03 Å². The molecule has 0 saturated carbocycles. The van der Waals surface area contributed by atoms with E-state index in [9.17, 15) is 13.2 Å². The van der Waals surface area contributed by atoms with Crippen molar-refractivity contribution in [2.45, 2.75) is 5.03 Å². The van der Waals surface area contributed by atoms with Crippen LogP contribution in [0.15, 0.2) is 65.8 Å². The van der Waals surface area contributed by atoms with Crippen LogP contribution in [0, 0.1) is 0 Å². The Morgan fingerprint density at radius 2 is 1.73 bits per heavy atom. The number of nitrogens with zero attached hydrogens (tertiary/aromatic N) is 1. The maximum absolute atomic E-state index is 12.6. The number of aromatic amines is 1. The van der Waals surface area contributed by atoms with E-state index in [1.54, 1.807) is 48.5 Å². The third-order valence-electron chi connectivity index (χ3n) is 3.49. The van der Waals surface area contributed by atoms with E-state index in [0.717, 1.165) is 0 Å². The van der Waals surface area contributed by atoms with Crippen molar-refractivity contribution in [1.82, 2.24) is 10.2 Å². The highest BCUT2D eigenvalue weighted by Gasteiger charge is 2.25. The molecule has 0 fully saturated rings. The summed E-state index contributed by atoms with van der Waals surface area (Å²) in [5.74, 6) is 0.0115. The highest BCUT2D eigenvalue weighted by molar-refractivity contribution is 7.92. The summed E-state index contributed by atoms with van der Waals surface area (Å²) in [6, 6.07) is 15.1. The Labute approximate surface area is 150 Å². The maximum atomic E-state index is 12.6. The van der Waals surface area contributed by atoms with Crippen LogP contribution in [-0.4, -0.2) is 31.6 Å². The van der Waals surface area contributed by atoms with E-state index in [2.05, 4.69) is 20.2 Å². The van der Waals surface area contributed by atoms with Gasteiger partial charge in [0.25, 0.3) is 15.9 Å². The topological polar surface area (TPSA) is 113 Å². The number of hydrogen-bond acceptors (Lipinski definition) is 5. The van der Waals surface area contributed by atoms with Crippen molar-refractivity contribution >= 4 is 27.3 Å². The van der Waals surface area contributed by atoms with Crippen molar-refractivity contribution in [3.63, 3.8) is 0 Å². The third kappa shape index (κ3) is 3.83. The van der Waals surface area contributed by atoms with E-state index in [-0.39, 0.29) is 10.6 Å². The fraction of sp³-hybridized carbons (Fsp3) is 0.0588. The van der Waals surface area contributed by atoms with Crippen LogP contribution in [0.3, 0.4) is 0 Å². The first-order chi connectivity index (χ1) is 12.5. The molecular weight excluding hydrogens is 356 g/mol. The number of aromatic nitrogens is 2. The summed E-state index contributed by atoms with van der Waals surface area (Å²) in [6.07, 6.45) is 1.17. The minimum atomic E-state index is -4.03. The van der Waals surface area contributed by atoms with Crippen molar-refractivity contribution in [3.05, 3.63) is 66.4 Å². The Balaban J connectivity index is 1.82. The zero-order valence-electron chi connectivity index (χ0n) is 13.8. The van der Waals surface area contributed by atoms with E-state index in [1.807, 2.05) is 6.07 Å². The smallest absolute Gasteiger partial charge is 0.279 e. The normalized spacial score (nSPS) is 11.0. The first-order valence-electron chi connectivity index (χ1n) is 7.56. The average Bonchev–Trinajstić information content (AvgIpc) is 3.14. The lowest BCUT2D eigenvalue weighted by Gasteiger charge is -2.09. The number of nitrogens with one attached hydrogen (secondary N) is 3. The molecule has 8 nitrogen and oxygen atoms in total. The molecule has 1 heterocycles. The van der Waals surface area contributed by atoms with Gasteiger partial charge < -0.3 is 10.1 Å². The molecule has 1 amide bonds. The predicted molar refractivity (Wildman–Crippen MR) is 96.8 cm³/mol. The fourth-order valence-corrected chi connectivity index (χ4v) is 3.38. The molecule has 0 atom stereocenters. The molecule has 134 valence electrons. The molecule has 0 aliphatic rings. The van der Waals surface area contributed by atoms with Crippen LogP contribution in [0.1, 0.15) is 10.4 Å². The van der Waals surface area contributed by atoms with E-state index < -0.39 is 15.9 Å². The molecule has 0 spiro atoms. The number of anilines is 2. The van der Waals surface area contributed by atoms with Gasteiger partial charge in [-0.3, -0.25) is 14.6 Å². The fourth-order valence-electron chi connectivity index (χ4n) is 2.23.